The molecule has 0 spiro atoms. The summed E-state index contributed by atoms with van der Waals surface area (Å²) in [6, 6.07) is 14.2. The van der Waals surface area contributed by atoms with Gasteiger partial charge in [-0.2, -0.15) is 5.10 Å². The molecule has 0 aliphatic heterocycles. The molecule has 3 aromatic rings. The van der Waals surface area contributed by atoms with E-state index in [-0.39, 0.29) is 6.04 Å². The van der Waals surface area contributed by atoms with Crippen LogP contribution in [-0.2, 0) is 0 Å². The number of nitrogens with zero attached hydrogens (tertiary/aromatic N) is 1. The van der Waals surface area contributed by atoms with Crippen LogP contribution in [0.5, 0.6) is 0 Å². The zero-order valence-electron chi connectivity index (χ0n) is 10.5. The van der Waals surface area contributed by atoms with E-state index >= 15 is 0 Å². The van der Waals surface area contributed by atoms with Crippen LogP contribution in [0.1, 0.15) is 18.5 Å². The summed E-state index contributed by atoms with van der Waals surface area (Å²) < 4.78 is 0. The molecule has 1 unspecified atom stereocenters. The van der Waals surface area contributed by atoms with Gasteiger partial charge in [-0.25, -0.2) is 0 Å². The monoisotopic (exact) mass is 271 g/mol. The number of rotatable bonds is 3. The summed E-state index contributed by atoms with van der Waals surface area (Å²) in [6.07, 6.45) is 1.84. The van der Waals surface area contributed by atoms with Crippen LogP contribution in [0.2, 0.25) is 5.02 Å². The predicted octanol–water partition coefficient (Wildman–Crippen LogP) is 4.39. The van der Waals surface area contributed by atoms with Crippen molar-refractivity contribution in [1.82, 2.24) is 10.2 Å². The first-order valence-electron chi connectivity index (χ1n) is 6.18. The number of hydrogen-bond donors (Lipinski definition) is 2. The Morgan fingerprint density at radius 2 is 1.95 bits per heavy atom. The van der Waals surface area contributed by atoms with E-state index in [1.807, 2.05) is 42.6 Å². The van der Waals surface area contributed by atoms with Gasteiger partial charge in [-0.15, -0.1) is 0 Å². The number of anilines is 1. The van der Waals surface area contributed by atoms with E-state index in [4.69, 9.17) is 11.6 Å². The minimum absolute atomic E-state index is 0.206. The summed E-state index contributed by atoms with van der Waals surface area (Å²) in [5, 5.41) is 12.4. The van der Waals surface area contributed by atoms with Crippen LogP contribution in [0.4, 0.5) is 5.69 Å². The summed E-state index contributed by atoms with van der Waals surface area (Å²) >= 11 is 5.91. The molecule has 0 aliphatic carbocycles. The fourth-order valence-corrected chi connectivity index (χ4v) is 2.29. The first-order chi connectivity index (χ1) is 9.24. The Hall–Kier alpha value is -2.00. The quantitative estimate of drug-likeness (QED) is 0.742. The van der Waals surface area contributed by atoms with Gasteiger partial charge in [0.2, 0.25) is 0 Å². The fraction of sp³-hybridized carbons (Fsp3) is 0.133. The van der Waals surface area contributed by atoms with Crippen LogP contribution in [0, 0.1) is 0 Å². The van der Waals surface area contributed by atoms with Gasteiger partial charge in [-0.05, 0) is 36.8 Å². The number of H-pyrrole nitrogens is 1. The molecule has 96 valence electrons. The molecule has 0 bridgehead atoms. The van der Waals surface area contributed by atoms with Crippen molar-refractivity contribution in [2.24, 2.45) is 0 Å². The second kappa shape index (κ2) is 4.94. The summed E-state index contributed by atoms with van der Waals surface area (Å²) in [4.78, 5) is 0. The van der Waals surface area contributed by atoms with E-state index in [1.54, 1.807) is 0 Å². The normalized spacial score (nSPS) is 12.5. The van der Waals surface area contributed by atoms with Gasteiger partial charge in [0.05, 0.1) is 11.7 Å². The first-order valence-corrected chi connectivity index (χ1v) is 6.56. The van der Waals surface area contributed by atoms with Crippen molar-refractivity contribution in [1.29, 1.82) is 0 Å². The highest BCUT2D eigenvalue weighted by molar-refractivity contribution is 6.30. The Bertz CT molecular complexity index is 688. The van der Waals surface area contributed by atoms with E-state index in [1.165, 1.54) is 5.56 Å². The van der Waals surface area contributed by atoms with Gasteiger partial charge in [-0.1, -0.05) is 29.8 Å². The standard InChI is InChI=1S/C15H14ClN3/c1-10(11-5-7-12(16)8-6-11)18-14-3-2-4-15-13(14)9-17-19-15/h2-10,18H,1H3,(H,17,19). The van der Waals surface area contributed by atoms with Crippen molar-refractivity contribution in [3.05, 3.63) is 59.2 Å². The Morgan fingerprint density at radius 1 is 1.16 bits per heavy atom. The molecule has 1 aromatic heterocycles. The molecule has 19 heavy (non-hydrogen) atoms. The van der Waals surface area contributed by atoms with Crippen molar-refractivity contribution < 1.29 is 0 Å². The van der Waals surface area contributed by atoms with E-state index < -0.39 is 0 Å². The van der Waals surface area contributed by atoms with Crippen molar-refractivity contribution in [3.63, 3.8) is 0 Å². The molecule has 1 atom stereocenters. The van der Waals surface area contributed by atoms with E-state index in [0.29, 0.717) is 0 Å². The van der Waals surface area contributed by atoms with Crippen molar-refractivity contribution in [2.45, 2.75) is 13.0 Å². The lowest BCUT2D eigenvalue weighted by Crippen LogP contribution is -2.06. The van der Waals surface area contributed by atoms with E-state index in [2.05, 4.69) is 28.5 Å². The second-order valence-corrected chi connectivity index (χ2v) is 4.99. The molecule has 2 aromatic carbocycles. The number of halogens is 1. The molecule has 0 saturated carbocycles. The molecule has 3 rings (SSSR count). The highest BCUT2D eigenvalue weighted by atomic mass is 35.5. The average molecular weight is 272 g/mol. The minimum Gasteiger partial charge on any atom is -0.378 e. The Kier molecular flexibility index (Phi) is 3.13. The SMILES string of the molecule is CC(Nc1cccc2[nH]ncc12)c1ccc(Cl)cc1. The van der Waals surface area contributed by atoms with E-state index in [9.17, 15) is 0 Å². The van der Waals surface area contributed by atoms with Gasteiger partial charge in [0.15, 0.2) is 0 Å². The highest BCUT2D eigenvalue weighted by Crippen LogP contribution is 2.26. The molecule has 0 aliphatic rings. The van der Waals surface area contributed by atoms with Crippen LogP contribution in [-0.4, -0.2) is 10.2 Å². The molecular weight excluding hydrogens is 258 g/mol. The topological polar surface area (TPSA) is 40.7 Å². The smallest absolute Gasteiger partial charge is 0.0671 e. The Balaban J connectivity index is 1.88. The maximum absolute atomic E-state index is 5.91. The third-order valence-electron chi connectivity index (χ3n) is 3.23. The molecule has 0 radical (unpaired) electrons. The molecule has 4 heteroatoms. The number of aromatic amines is 1. The predicted molar refractivity (Wildman–Crippen MR) is 79.6 cm³/mol. The van der Waals surface area contributed by atoms with Gasteiger partial charge in [-0.3, -0.25) is 5.10 Å². The number of benzene rings is 2. The van der Waals surface area contributed by atoms with Crippen LogP contribution < -0.4 is 5.32 Å². The number of aromatic nitrogens is 2. The third-order valence-corrected chi connectivity index (χ3v) is 3.48. The molecule has 1 heterocycles. The number of fused-ring (bicyclic) bond motifs is 1. The van der Waals surface area contributed by atoms with E-state index in [0.717, 1.165) is 21.6 Å². The Labute approximate surface area is 116 Å². The largest absolute Gasteiger partial charge is 0.378 e. The maximum atomic E-state index is 5.91. The van der Waals surface area contributed by atoms with Gasteiger partial charge in [0.25, 0.3) is 0 Å². The van der Waals surface area contributed by atoms with Gasteiger partial charge in [0, 0.05) is 22.1 Å². The summed E-state index contributed by atoms with van der Waals surface area (Å²) in [5.41, 5.74) is 3.31. The zero-order valence-corrected chi connectivity index (χ0v) is 11.3. The van der Waals surface area contributed by atoms with Gasteiger partial charge >= 0.3 is 0 Å². The zero-order chi connectivity index (χ0) is 13.2. The fourth-order valence-electron chi connectivity index (χ4n) is 2.16. The van der Waals surface area contributed by atoms with Crippen molar-refractivity contribution >= 4 is 28.2 Å². The highest BCUT2D eigenvalue weighted by Gasteiger charge is 2.08. The third kappa shape index (κ3) is 2.42. The molecular formula is C15H14ClN3. The lowest BCUT2D eigenvalue weighted by atomic mass is 10.1. The van der Waals surface area contributed by atoms with Crippen molar-refractivity contribution in [2.75, 3.05) is 5.32 Å². The van der Waals surface area contributed by atoms with Crippen LogP contribution in [0.15, 0.2) is 48.7 Å². The lowest BCUT2D eigenvalue weighted by molar-refractivity contribution is 0.887. The van der Waals surface area contributed by atoms with Crippen LogP contribution >= 0.6 is 11.6 Å². The maximum Gasteiger partial charge on any atom is 0.0671 e. The summed E-state index contributed by atoms with van der Waals surface area (Å²) in [7, 11) is 0. The molecule has 0 saturated heterocycles. The summed E-state index contributed by atoms with van der Waals surface area (Å²) in [6.45, 7) is 2.13. The molecule has 0 amide bonds. The summed E-state index contributed by atoms with van der Waals surface area (Å²) in [5.74, 6) is 0. The molecule has 0 fully saturated rings. The van der Waals surface area contributed by atoms with Crippen molar-refractivity contribution in [3.8, 4) is 0 Å². The second-order valence-electron chi connectivity index (χ2n) is 4.55. The minimum atomic E-state index is 0.206. The first kappa shape index (κ1) is 12.1. The van der Waals surface area contributed by atoms with Gasteiger partial charge < -0.3 is 5.32 Å². The average Bonchev–Trinajstić information content (AvgIpc) is 2.89. The lowest BCUT2D eigenvalue weighted by Gasteiger charge is -2.16. The number of hydrogen-bond acceptors (Lipinski definition) is 2. The number of nitrogens with one attached hydrogen (secondary N) is 2. The molecule has 3 nitrogen and oxygen atoms in total. The Morgan fingerprint density at radius 3 is 2.74 bits per heavy atom. The van der Waals surface area contributed by atoms with Gasteiger partial charge in [0.1, 0.15) is 0 Å². The van der Waals surface area contributed by atoms with Crippen LogP contribution in [0.25, 0.3) is 10.9 Å². The molecule has 2 N–H and O–H groups in total. The van der Waals surface area contributed by atoms with Crippen LogP contribution in [0.3, 0.4) is 0 Å².